The first kappa shape index (κ1) is 16.1. The van der Waals surface area contributed by atoms with Crippen molar-refractivity contribution in [3.63, 3.8) is 0 Å². The number of rotatable bonds is 5. The highest BCUT2D eigenvalue weighted by molar-refractivity contribution is 7.14. The number of carbonyl (C=O) groups excluding carboxylic acids is 1. The topological polar surface area (TPSA) is 65.1 Å². The SMILES string of the molecule is CCN(C(C)=O)c1nc(CN2CCCC(c3ccn[nH]3)C2)cs1. The maximum atomic E-state index is 11.6. The molecule has 2 aromatic rings. The molecule has 0 saturated carbocycles. The summed E-state index contributed by atoms with van der Waals surface area (Å²) in [6, 6.07) is 2.07. The Labute approximate surface area is 140 Å². The molecule has 1 fully saturated rings. The maximum Gasteiger partial charge on any atom is 0.225 e. The molecule has 0 bridgehead atoms. The van der Waals surface area contributed by atoms with Crippen LogP contribution in [0, 0.1) is 0 Å². The number of hydrogen-bond acceptors (Lipinski definition) is 5. The zero-order valence-corrected chi connectivity index (χ0v) is 14.5. The van der Waals surface area contributed by atoms with E-state index in [1.165, 1.54) is 18.5 Å². The first-order valence-electron chi connectivity index (χ1n) is 8.11. The standard InChI is InChI=1S/C16H23N5OS/c1-3-21(12(2)22)16-18-14(11-23-16)10-20-8-4-5-13(9-20)15-6-7-17-19-15/h6-7,11,13H,3-5,8-10H2,1-2H3,(H,17,19). The van der Waals surface area contributed by atoms with Gasteiger partial charge in [-0.2, -0.15) is 5.10 Å². The number of hydrogen-bond donors (Lipinski definition) is 1. The van der Waals surface area contributed by atoms with Crippen LogP contribution in [0.4, 0.5) is 5.13 Å². The first-order valence-corrected chi connectivity index (χ1v) is 8.99. The average molecular weight is 333 g/mol. The molecule has 1 atom stereocenters. The lowest BCUT2D eigenvalue weighted by molar-refractivity contribution is -0.116. The number of thiazole rings is 1. The third-order valence-corrected chi connectivity index (χ3v) is 5.23. The van der Waals surface area contributed by atoms with E-state index in [1.54, 1.807) is 23.2 Å². The van der Waals surface area contributed by atoms with Gasteiger partial charge in [-0.1, -0.05) is 0 Å². The number of piperidine rings is 1. The Morgan fingerprint density at radius 3 is 3.13 bits per heavy atom. The van der Waals surface area contributed by atoms with Gasteiger partial charge in [-0.15, -0.1) is 11.3 Å². The Hall–Kier alpha value is -1.73. The molecule has 0 spiro atoms. The lowest BCUT2D eigenvalue weighted by Gasteiger charge is -2.31. The van der Waals surface area contributed by atoms with E-state index < -0.39 is 0 Å². The summed E-state index contributed by atoms with van der Waals surface area (Å²) in [5, 5.41) is 10.0. The van der Waals surface area contributed by atoms with Gasteiger partial charge >= 0.3 is 0 Å². The molecule has 23 heavy (non-hydrogen) atoms. The minimum atomic E-state index is 0.0469. The normalized spacial score (nSPS) is 19.0. The van der Waals surface area contributed by atoms with Gasteiger partial charge in [0, 0.05) is 49.7 Å². The fraction of sp³-hybridized carbons (Fsp3) is 0.562. The predicted octanol–water partition coefficient (Wildman–Crippen LogP) is 2.62. The van der Waals surface area contributed by atoms with Crippen molar-refractivity contribution >= 4 is 22.4 Å². The van der Waals surface area contributed by atoms with Crippen LogP contribution in [0.15, 0.2) is 17.6 Å². The van der Waals surface area contributed by atoms with E-state index in [0.29, 0.717) is 12.5 Å². The number of likely N-dealkylation sites (tertiary alicyclic amines) is 1. The van der Waals surface area contributed by atoms with Gasteiger partial charge in [-0.3, -0.25) is 19.7 Å². The van der Waals surface area contributed by atoms with Crippen LogP contribution < -0.4 is 4.90 Å². The molecular formula is C16H23N5OS. The molecule has 2 aromatic heterocycles. The monoisotopic (exact) mass is 333 g/mol. The largest absolute Gasteiger partial charge is 0.297 e. The van der Waals surface area contributed by atoms with Gasteiger partial charge in [0.05, 0.1) is 5.69 Å². The molecule has 3 rings (SSSR count). The van der Waals surface area contributed by atoms with Crippen molar-refractivity contribution in [3.05, 3.63) is 29.0 Å². The zero-order valence-electron chi connectivity index (χ0n) is 13.7. The second kappa shape index (κ2) is 7.23. The van der Waals surface area contributed by atoms with Crippen molar-refractivity contribution in [2.45, 2.75) is 39.2 Å². The van der Waals surface area contributed by atoms with E-state index in [9.17, 15) is 4.79 Å². The highest BCUT2D eigenvalue weighted by atomic mass is 32.1. The number of aromatic nitrogens is 3. The van der Waals surface area contributed by atoms with Crippen LogP contribution in [-0.2, 0) is 11.3 Å². The Kier molecular flexibility index (Phi) is 5.07. The lowest BCUT2D eigenvalue weighted by atomic mass is 9.95. The maximum absolute atomic E-state index is 11.6. The number of carbonyl (C=O) groups is 1. The molecule has 1 unspecified atom stereocenters. The van der Waals surface area contributed by atoms with Crippen LogP contribution >= 0.6 is 11.3 Å². The summed E-state index contributed by atoms with van der Waals surface area (Å²) < 4.78 is 0. The Morgan fingerprint density at radius 1 is 1.57 bits per heavy atom. The minimum Gasteiger partial charge on any atom is -0.297 e. The highest BCUT2D eigenvalue weighted by Gasteiger charge is 2.23. The average Bonchev–Trinajstić information content (AvgIpc) is 3.20. The number of amides is 1. The van der Waals surface area contributed by atoms with E-state index in [-0.39, 0.29) is 5.91 Å². The summed E-state index contributed by atoms with van der Waals surface area (Å²) in [5.74, 6) is 0.569. The first-order chi connectivity index (χ1) is 11.2. The van der Waals surface area contributed by atoms with Gasteiger partial charge in [-0.25, -0.2) is 4.98 Å². The smallest absolute Gasteiger partial charge is 0.225 e. The Morgan fingerprint density at radius 2 is 2.43 bits per heavy atom. The van der Waals surface area contributed by atoms with Gasteiger partial charge in [-0.05, 0) is 32.4 Å². The van der Waals surface area contributed by atoms with Gasteiger partial charge in [0.15, 0.2) is 5.13 Å². The van der Waals surface area contributed by atoms with Crippen molar-refractivity contribution in [2.24, 2.45) is 0 Å². The molecule has 1 N–H and O–H groups in total. The quantitative estimate of drug-likeness (QED) is 0.913. The molecule has 0 aliphatic carbocycles. The molecule has 124 valence electrons. The van der Waals surface area contributed by atoms with Crippen molar-refractivity contribution in [1.82, 2.24) is 20.1 Å². The summed E-state index contributed by atoms with van der Waals surface area (Å²) in [6.07, 6.45) is 4.21. The molecule has 1 saturated heterocycles. The van der Waals surface area contributed by atoms with Crippen molar-refractivity contribution < 1.29 is 4.79 Å². The molecule has 6 nitrogen and oxygen atoms in total. The summed E-state index contributed by atoms with van der Waals surface area (Å²) in [7, 11) is 0. The van der Waals surface area contributed by atoms with Crippen LogP contribution in [0.1, 0.15) is 44.0 Å². The van der Waals surface area contributed by atoms with Crippen molar-refractivity contribution in [3.8, 4) is 0 Å². The van der Waals surface area contributed by atoms with Crippen LogP contribution in [0.3, 0.4) is 0 Å². The number of nitrogens with zero attached hydrogens (tertiary/aromatic N) is 4. The Bertz CT molecular complexity index is 639. The van der Waals surface area contributed by atoms with Gasteiger partial charge in [0.25, 0.3) is 0 Å². The Balaban J connectivity index is 1.63. The third-order valence-electron chi connectivity index (χ3n) is 4.32. The predicted molar refractivity (Wildman–Crippen MR) is 91.7 cm³/mol. The minimum absolute atomic E-state index is 0.0469. The number of nitrogens with one attached hydrogen (secondary N) is 1. The van der Waals surface area contributed by atoms with Crippen molar-refractivity contribution in [1.29, 1.82) is 0 Å². The molecule has 0 aromatic carbocycles. The molecule has 1 aliphatic rings. The third kappa shape index (κ3) is 3.79. The summed E-state index contributed by atoms with van der Waals surface area (Å²) >= 11 is 1.55. The van der Waals surface area contributed by atoms with E-state index >= 15 is 0 Å². The lowest BCUT2D eigenvalue weighted by Crippen LogP contribution is -2.34. The molecule has 1 amide bonds. The van der Waals surface area contributed by atoms with Crippen LogP contribution in [0.2, 0.25) is 0 Å². The molecule has 1 aliphatic heterocycles. The van der Waals surface area contributed by atoms with E-state index in [1.807, 2.05) is 13.1 Å². The fourth-order valence-electron chi connectivity index (χ4n) is 3.16. The van der Waals surface area contributed by atoms with E-state index in [2.05, 4.69) is 31.5 Å². The number of anilines is 1. The second-order valence-electron chi connectivity index (χ2n) is 5.97. The summed E-state index contributed by atoms with van der Waals surface area (Å²) in [4.78, 5) is 20.4. The van der Waals surface area contributed by atoms with Crippen LogP contribution in [0.25, 0.3) is 0 Å². The van der Waals surface area contributed by atoms with Crippen LogP contribution in [-0.4, -0.2) is 45.6 Å². The molecule has 7 heteroatoms. The molecule has 0 radical (unpaired) electrons. The van der Waals surface area contributed by atoms with E-state index in [0.717, 1.165) is 30.5 Å². The van der Waals surface area contributed by atoms with Crippen molar-refractivity contribution in [2.75, 3.05) is 24.5 Å². The van der Waals surface area contributed by atoms with Gasteiger partial charge in [0.1, 0.15) is 0 Å². The van der Waals surface area contributed by atoms with Gasteiger partial charge < -0.3 is 0 Å². The second-order valence-corrected chi connectivity index (χ2v) is 6.81. The molecular weight excluding hydrogens is 310 g/mol. The van der Waals surface area contributed by atoms with Crippen LogP contribution in [0.5, 0.6) is 0 Å². The highest BCUT2D eigenvalue weighted by Crippen LogP contribution is 2.27. The summed E-state index contributed by atoms with van der Waals surface area (Å²) in [6.45, 7) is 7.19. The van der Waals surface area contributed by atoms with E-state index in [4.69, 9.17) is 0 Å². The fourth-order valence-corrected chi connectivity index (χ4v) is 4.09. The summed E-state index contributed by atoms with van der Waals surface area (Å²) in [5.41, 5.74) is 2.28. The van der Waals surface area contributed by atoms with Gasteiger partial charge in [0.2, 0.25) is 5.91 Å². The number of aromatic amines is 1. The molecule has 3 heterocycles. The zero-order chi connectivity index (χ0) is 16.2. The number of H-pyrrole nitrogens is 1.